The van der Waals surface area contributed by atoms with Gasteiger partial charge >= 0.3 is 0 Å². The van der Waals surface area contributed by atoms with Gasteiger partial charge in [0.2, 0.25) is 0 Å². The van der Waals surface area contributed by atoms with Gasteiger partial charge in [0.15, 0.2) is 5.96 Å². The van der Waals surface area contributed by atoms with Gasteiger partial charge in [0.1, 0.15) is 5.82 Å². The molecule has 1 aromatic heterocycles. The lowest BCUT2D eigenvalue weighted by atomic mass is 10.1. The van der Waals surface area contributed by atoms with Crippen molar-refractivity contribution < 1.29 is 4.74 Å². The third-order valence-electron chi connectivity index (χ3n) is 4.39. The molecule has 0 spiro atoms. The molecule has 6 heteroatoms. The first-order valence-electron chi connectivity index (χ1n) is 9.92. The molecule has 1 unspecified atom stereocenters. The molecule has 1 atom stereocenters. The van der Waals surface area contributed by atoms with Crippen LogP contribution >= 0.6 is 0 Å². The van der Waals surface area contributed by atoms with Crippen molar-refractivity contribution in [1.29, 1.82) is 0 Å². The molecular weight excluding hydrogens is 326 g/mol. The van der Waals surface area contributed by atoms with Crippen LogP contribution in [-0.4, -0.2) is 49.8 Å². The predicted molar refractivity (Wildman–Crippen MR) is 109 cm³/mol. The molecule has 1 aromatic rings. The molecule has 2 rings (SSSR count). The topological polar surface area (TPSA) is 61.8 Å². The lowest BCUT2D eigenvalue weighted by Gasteiger charge is -2.32. The fourth-order valence-electron chi connectivity index (χ4n) is 2.95. The summed E-state index contributed by atoms with van der Waals surface area (Å²) in [7, 11) is 0. The Morgan fingerprint density at radius 2 is 2.23 bits per heavy atom. The SMILES string of the molecule is CCNC(=NCc1ccc(N2CCOC(C)C2)nc1)NCCCC(C)C. The molecule has 0 aliphatic carbocycles. The summed E-state index contributed by atoms with van der Waals surface area (Å²) in [5, 5.41) is 6.72. The van der Waals surface area contributed by atoms with Crippen LogP contribution in [0.15, 0.2) is 23.3 Å². The molecule has 2 heterocycles. The van der Waals surface area contributed by atoms with Crippen LogP contribution in [0.5, 0.6) is 0 Å². The largest absolute Gasteiger partial charge is 0.375 e. The molecule has 1 aliphatic heterocycles. The molecule has 0 bridgehead atoms. The van der Waals surface area contributed by atoms with Gasteiger partial charge in [0.05, 0.1) is 19.3 Å². The van der Waals surface area contributed by atoms with Crippen LogP contribution in [0.1, 0.15) is 46.1 Å². The van der Waals surface area contributed by atoms with Gasteiger partial charge in [-0.1, -0.05) is 19.9 Å². The number of aromatic nitrogens is 1. The van der Waals surface area contributed by atoms with E-state index >= 15 is 0 Å². The summed E-state index contributed by atoms with van der Waals surface area (Å²) >= 11 is 0. The third kappa shape index (κ3) is 7.20. The Balaban J connectivity index is 1.85. The highest BCUT2D eigenvalue weighted by atomic mass is 16.5. The second-order valence-corrected chi connectivity index (χ2v) is 7.31. The zero-order valence-electron chi connectivity index (χ0n) is 16.8. The van der Waals surface area contributed by atoms with Crippen molar-refractivity contribution in [3.8, 4) is 0 Å². The highest BCUT2D eigenvalue weighted by Gasteiger charge is 2.17. The van der Waals surface area contributed by atoms with Gasteiger partial charge in [-0.25, -0.2) is 9.98 Å². The summed E-state index contributed by atoms with van der Waals surface area (Å²) in [6, 6.07) is 4.21. The maximum absolute atomic E-state index is 5.59. The van der Waals surface area contributed by atoms with E-state index in [-0.39, 0.29) is 6.10 Å². The lowest BCUT2D eigenvalue weighted by molar-refractivity contribution is 0.0529. The number of aliphatic imine (C=N–C) groups is 1. The normalized spacial score (nSPS) is 18.3. The Bertz CT molecular complexity index is 544. The summed E-state index contributed by atoms with van der Waals surface area (Å²) in [6.07, 6.45) is 4.59. The maximum atomic E-state index is 5.59. The van der Waals surface area contributed by atoms with E-state index in [0.717, 1.165) is 62.5 Å². The van der Waals surface area contributed by atoms with E-state index in [1.165, 1.54) is 6.42 Å². The fraction of sp³-hybridized carbons (Fsp3) is 0.700. The van der Waals surface area contributed by atoms with Crippen LogP contribution in [0.4, 0.5) is 5.82 Å². The van der Waals surface area contributed by atoms with Crippen molar-refractivity contribution in [3.05, 3.63) is 23.9 Å². The summed E-state index contributed by atoms with van der Waals surface area (Å²) in [6.45, 7) is 13.7. The number of pyridine rings is 1. The first kappa shape index (κ1) is 20.5. The number of ether oxygens (including phenoxy) is 1. The minimum absolute atomic E-state index is 0.263. The molecule has 0 amide bonds. The van der Waals surface area contributed by atoms with Crippen LogP contribution in [0.25, 0.3) is 0 Å². The van der Waals surface area contributed by atoms with Crippen LogP contribution in [-0.2, 0) is 11.3 Å². The Morgan fingerprint density at radius 1 is 1.38 bits per heavy atom. The van der Waals surface area contributed by atoms with Gasteiger partial charge in [0, 0.05) is 32.4 Å². The molecule has 0 aromatic carbocycles. The molecular formula is C20H35N5O. The number of anilines is 1. The second kappa shape index (κ2) is 11.0. The molecule has 2 N–H and O–H groups in total. The molecule has 0 radical (unpaired) electrons. The van der Waals surface area contributed by atoms with Crippen LogP contribution in [0, 0.1) is 5.92 Å². The summed E-state index contributed by atoms with van der Waals surface area (Å²) < 4.78 is 5.59. The molecule has 1 aliphatic rings. The van der Waals surface area contributed by atoms with Gasteiger partial charge < -0.3 is 20.3 Å². The molecule has 6 nitrogen and oxygen atoms in total. The van der Waals surface area contributed by atoms with Crippen molar-refractivity contribution in [2.45, 2.75) is 53.2 Å². The van der Waals surface area contributed by atoms with E-state index in [4.69, 9.17) is 4.74 Å². The number of nitrogens with zero attached hydrogens (tertiary/aromatic N) is 3. The highest BCUT2D eigenvalue weighted by Crippen LogP contribution is 2.15. The van der Waals surface area contributed by atoms with Gasteiger partial charge in [0.25, 0.3) is 0 Å². The van der Waals surface area contributed by atoms with Crippen molar-refractivity contribution in [2.75, 3.05) is 37.7 Å². The van der Waals surface area contributed by atoms with E-state index in [1.807, 2.05) is 6.20 Å². The first-order chi connectivity index (χ1) is 12.6. The Morgan fingerprint density at radius 3 is 2.88 bits per heavy atom. The van der Waals surface area contributed by atoms with E-state index < -0.39 is 0 Å². The maximum Gasteiger partial charge on any atom is 0.191 e. The molecule has 26 heavy (non-hydrogen) atoms. The van der Waals surface area contributed by atoms with E-state index in [2.05, 4.69) is 65.3 Å². The van der Waals surface area contributed by atoms with E-state index in [0.29, 0.717) is 6.54 Å². The fourth-order valence-corrected chi connectivity index (χ4v) is 2.95. The van der Waals surface area contributed by atoms with Crippen LogP contribution in [0.2, 0.25) is 0 Å². The Kier molecular flexibility index (Phi) is 8.68. The monoisotopic (exact) mass is 361 g/mol. The van der Waals surface area contributed by atoms with E-state index in [9.17, 15) is 0 Å². The molecule has 146 valence electrons. The van der Waals surface area contributed by atoms with Crippen LogP contribution < -0.4 is 15.5 Å². The van der Waals surface area contributed by atoms with Crippen LogP contribution in [0.3, 0.4) is 0 Å². The second-order valence-electron chi connectivity index (χ2n) is 7.31. The van der Waals surface area contributed by atoms with Gasteiger partial charge in [-0.3, -0.25) is 0 Å². The number of hydrogen-bond donors (Lipinski definition) is 2. The van der Waals surface area contributed by atoms with Gasteiger partial charge in [-0.15, -0.1) is 0 Å². The summed E-state index contributed by atoms with van der Waals surface area (Å²) in [5.74, 6) is 2.64. The Hall–Kier alpha value is -1.82. The minimum atomic E-state index is 0.263. The average molecular weight is 362 g/mol. The first-order valence-corrected chi connectivity index (χ1v) is 9.92. The number of morpholine rings is 1. The lowest BCUT2D eigenvalue weighted by Crippen LogP contribution is -2.41. The number of nitrogens with one attached hydrogen (secondary N) is 2. The summed E-state index contributed by atoms with van der Waals surface area (Å²) in [4.78, 5) is 11.6. The van der Waals surface area contributed by atoms with Crippen molar-refractivity contribution in [1.82, 2.24) is 15.6 Å². The zero-order valence-corrected chi connectivity index (χ0v) is 16.8. The van der Waals surface area contributed by atoms with Crippen molar-refractivity contribution >= 4 is 11.8 Å². The quantitative estimate of drug-likeness (QED) is 0.423. The average Bonchev–Trinajstić information content (AvgIpc) is 2.63. The zero-order chi connectivity index (χ0) is 18.8. The Labute approximate surface area is 158 Å². The van der Waals surface area contributed by atoms with Crippen molar-refractivity contribution in [3.63, 3.8) is 0 Å². The molecule has 1 saturated heterocycles. The number of hydrogen-bond acceptors (Lipinski definition) is 4. The van der Waals surface area contributed by atoms with Crippen molar-refractivity contribution in [2.24, 2.45) is 10.9 Å². The van der Waals surface area contributed by atoms with Gasteiger partial charge in [-0.05, 0) is 44.2 Å². The molecule has 0 saturated carbocycles. The highest BCUT2D eigenvalue weighted by molar-refractivity contribution is 5.79. The smallest absolute Gasteiger partial charge is 0.191 e. The number of rotatable bonds is 8. The standard InChI is InChI=1S/C20H35N5O/c1-5-21-20(22-10-6-7-16(2)3)24-14-18-8-9-19(23-13-18)25-11-12-26-17(4)15-25/h8-9,13,16-17H,5-7,10-12,14-15H2,1-4H3,(H2,21,22,24). The number of guanidine groups is 1. The minimum Gasteiger partial charge on any atom is -0.375 e. The molecule has 1 fully saturated rings. The summed E-state index contributed by atoms with van der Waals surface area (Å²) in [5.41, 5.74) is 1.12. The van der Waals surface area contributed by atoms with E-state index in [1.54, 1.807) is 0 Å². The van der Waals surface area contributed by atoms with Gasteiger partial charge in [-0.2, -0.15) is 0 Å². The predicted octanol–water partition coefficient (Wildman–Crippen LogP) is 2.80. The third-order valence-corrected chi connectivity index (χ3v) is 4.39.